The normalized spacial score (nSPS) is 16.9. The molecule has 0 atom stereocenters. The molecule has 2 aromatic carbocycles. The second-order valence-electron chi connectivity index (χ2n) is 7.03. The molecule has 6 heteroatoms. The fourth-order valence-electron chi connectivity index (χ4n) is 3.57. The lowest BCUT2D eigenvalue weighted by Crippen LogP contribution is -2.31. The third-order valence-corrected chi connectivity index (χ3v) is 4.98. The zero-order valence-electron chi connectivity index (χ0n) is 15.5. The average Bonchev–Trinajstić information content (AvgIpc) is 3.06. The summed E-state index contributed by atoms with van der Waals surface area (Å²) in [6, 6.07) is 13.6. The van der Waals surface area contributed by atoms with Gasteiger partial charge in [0.1, 0.15) is 24.0 Å². The van der Waals surface area contributed by atoms with Gasteiger partial charge in [0, 0.05) is 25.5 Å². The third kappa shape index (κ3) is 3.39. The van der Waals surface area contributed by atoms with Crippen LogP contribution in [0.25, 0.3) is 6.08 Å². The SMILES string of the molecule is O=C1/C(=C/c2cccnc2)Oc2c1ccc1c2CN(Cc2ccc(F)cc2)CO1. The molecule has 0 fully saturated rings. The molecule has 0 spiro atoms. The van der Waals surface area contributed by atoms with Crippen LogP contribution >= 0.6 is 0 Å². The summed E-state index contributed by atoms with van der Waals surface area (Å²) in [7, 11) is 0. The summed E-state index contributed by atoms with van der Waals surface area (Å²) < 4.78 is 25.0. The first-order chi connectivity index (χ1) is 14.2. The molecule has 144 valence electrons. The van der Waals surface area contributed by atoms with Crippen LogP contribution in [0.3, 0.4) is 0 Å². The molecule has 2 aliphatic heterocycles. The maximum atomic E-state index is 13.1. The van der Waals surface area contributed by atoms with Gasteiger partial charge in [0.15, 0.2) is 5.76 Å². The Morgan fingerprint density at radius 3 is 2.79 bits per heavy atom. The lowest BCUT2D eigenvalue weighted by Gasteiger charge is -2.29. The number of nitrogens with zero attached hydrogens (tertiary/aromatic N) is 2. The molecule has 0 saturated carbocycles. The van der Waals surface area contributed by atoms with Crippen molar-refractivity contribution in [1.29, 1.82) is 0 Å². The van der Waals surface area contributed by atoms with E-state index in [9.17, 15) is 9.18 Å². The van der Waals surface area contributed by atoms with Crippen LogP contribution in [-0.2, 0) is 13.1 Å². The van der Waals surface area contributed by atoms with E-state index in [0.29, 0.717) is 31.1 Å². The Morgan fingerprint density at radius 1 is 1.14 bits per heavy atom. The molecule has 3 heterocycles. The first-order valence-electron chi connectivity index (χ1n) is 9.27. The van der Waals surface area contributed by atoms with Crippen molar-refractivity contribution >= 4 is 11.9 Å². The number of rotatable bonds is 3. The fourth-order valence-corrected chi connectivity index (χ4v) is 3.57. The summed E-state index contributed by atoms with van der Waals surface area (Å²) in [5, 5.41) is 0. The first kappa shape index (κ1) is 17.6. The van der Waals surface area contributed by atoms with Crippen molar-refractivity contribution < 1.29 is 18.7 Å². The van der Waals surface area contributed by atoms with E-state index < -0.39 is 0 Å². The lowest BCUT2D eigenvalue weighted by molar-refractivity contribution is 0.0872. The summed E-state index contributed by atoms with van der Waals surface area (Å²) in [5.41, 5.74) is 3.16. The zero-order chi connectivity index (χ0) is 19.8. The molecule has 0 saturated heterocycles. The van der Waals surface area contributed by atoms with Crippen molar-refractivity contribution in [3.8, 4) is 11.5 Å². The monoisotopic (exact) mass is 388 g/mol. The standard InChI is InChI=1S/C23H17FN2O3/c24-17-5-3-15(4-6-17)12-26-13-19-20(28-14-26)8-7-18-22(27)21(29-23(18)19)10-16-2-1-9-25-11-16/h1-11H,12-14H2/b21-10-. The van der Waals surface area contributed by atoms with Crippen LogP contribution < -0.4 is 9.47 Å². The largest absolute Gasteiger partial charge is 0.478 e. The van der Waals surface area contributed by atoms with Gasteiger partial charge in [0.05, 0.1) is 11.1 Å². The number of halogens is 1. The van der Waals surface area contributed by atoms with E-state index in [0.717, 1.165) is 22.4 Å². The van der Waals surface area contributed by atoms with Crippen LogP contribution in [0.15, 0.2) is 66.7 Å². The molecule has 5 rings (SSSR count). The van der Waals surface area contributed by atoms with E-state index in [2.05, 4.69) is 9.88 Å². The molecule has 0 unspecified atom stereocenters. The number of benzene rings is 2. The van der Waals surface area contributed by atoms with E-state index in [1.165, 1.54) is 12.1 Å². The topological polar surface area (TPSA) is 51.7 Å². The second kappa shape index (κ2) is 7.14. The average molecular weight is 388 g/mol. The highest BCUT2D eigenvalue weighted by atomic mass is 19.1. The Labute approximate surface area is 167 Å². The minimum Gasteiger partial charge on any atom is -0.478 e. The summed E-state index contributed by atoms with van der Waals surface area (Å²) in [6.45, 7) is 1.59. The number of carbonyl (C=O) groups is 1. The minimum atomic E-state index is -0.258. The number of fused-ring (bicyclic) bond motifs is 3. The molecule has 3 aromatic rings. The third-order valence-electron chi connectivity index (χ3n) is 4.98. The van der Waals surface area contributed by atoms with Crippen molar-refractivity contribution in [2.75, 3.05) is 6.73 Å². The molecule has 5 nitrogen and oxygen atoms in total. The minimum absolute atomic E-state index is 0.151. The first-order valence-corrected chi connectivity index (χ1v) is 9.27. The maximum Gasteiger partial charge on any atom is 0.231 e. The molecule has 0 radical (unpaired) electrons. The van der Waals surface area contributed by atoms with Crippen molar-refractivity contribution in [1.82, 2.24) is 9.88 Å². The Balaban J connectivity index is 1.42. The van der Waals surface area contributed by atoms with Crippen molar-refractivity contribution in [3.63, 3.8) is 0 Å². The molecular formula is C23H17FN2O3. The lowest BCUT2D eigenvalue weighted by atomic mass is 10.0. The number of ether oxygens (including phenoxy) is 2. The Morgan fingerprint density at radius 2 is 2.00 bits per heavy atom. The van der Waals surface area contributed by atoms with Gasteiger partial charge < -0.3 is 9.47 Å². The van der Waals surface area contributed by atoms with Gasteiger partial charge in [-0.15, -0.1) is 0 Å². The van der Waals surface area contributed by atoms with Crippen molar-refractivity contribution in [2.45, 2.75) is 13.1 Å². The van der Waals surface area contributed by atoms with Gasteiger partial charge in [-0.25, -0.2) is 4.39 Å². The molecule has 0 amide bonds. The maximum absolute atomic E-state index is 13.1. The van der Waals surface area contributed by atoms with E-state index in [1.54, 1.807) is 36.7 Å². The highest BCUT2D eigenvalue weighted by Crippen LogP contribution is 2.42. The molecule has 0 aliphatic carbocycles. The second-order valence-corrected chi connectivity index (χ2v) is 7.03. The Hall–Kier alpha value is -3.51. The number of Topliss-reactive ketones (excluding diaryl/α,β-unsaturated/α-hetero) is 1. The predicted octanol–water partition coefficient (Wildman–Crippen LogP) is 4.19. The summed E-state index contributed by atoms with van der Waals surface area (Å²) in [6.07, 6.45) is 5.05. The molecule has 0 bridgehead atoms. The van der Waals surface area contributed by atoms with Gasteiger partial charge >= 0.3 is 0 Å². The number of aromatic nitrogens is 1. The number of hydrogen-bond donors (Lipinski definition) is 0. The van der Waals surface area contributed by atoms with E-state index in [-0.39, 0.29) is 17.4 Å². The summed E-state index contributed by atoms with van der Waals surface area (Å²) in [5.74, 6) is 1.13. The van der Waals surface area contributed by atoms with Crippen LogP contribution in [0.4, 0.5) is 4.39 Å². The quantitative estimate of drug-likeness (QED) is 0.630. The van der Waals surface area contributed by atoms with Crippen molar-refractivity contribution in [2.24, 2.45) is 0 Å². The van der Waals surface area contributed by atoms with Crippen LogP contribution in [0, 0.1) is 5.82 Å². The Kier molecular flexibility index (Phi) is 4.33. The van der Waals surface area contributed by atoms with Crippen LogP contribution in [0.2, 0.25) is 0 Å². The number of hydrogen-bond acceptors (Lipinski definition) is 5. The van der Waals surface area contributed by atoms with Gasteiger partial charge in [-0.05, 0) is 47.5 Å². The zero-order valence-corrected chi connectivity index (χ0v) is 15.5. The number of ketones is 1. The van der Waals surface area contributed by atoms with Gasteiger partial charge in [-0.2, -0.15) is 0 Å². The molecule has 2 aliphatic rings. The number of pyridine rings is 1. The van der Waals surface area contributed by atoms with E-state index in [1.807, 2.05) is 18.2 Å². The van der Waals surface area contributed by atoms with Crippen LogP contribution in [0.5, 0.6) is 11.5 Å². The van der Waals surface area contributed by atoms with Gasteiger partial charge in [0.2, 0.25) is 5.78 Å². The van der Waals surface area contributed by atoms with Crippen LogP contribution in [-0.4, -0.2) is 22.4 Å². The molecule has 1 aromatic heterocycles. The summed E-state index contributed by atoms with van der Waals surface area (Å²) >= 11 is 0. The smallest absolute Gasteiger partial charge is 0.231 e. The number of allylic oxidation sites excluding steroid dienone is 1. The van der Waals surface area contributed by atoms with Gasteiger partial charge in [0.25, 0.3) is 0 Å². The van der Waals surface area contributed by atoms with Gasteiger partial charge in [-0.1, -0.05) is 18.2 Å². The fraction of sp³-hybridized carbons (Fsp3) is 0.130. The van der Waals surface area contributed by atoms with Gasteiger partial charge in [-0.3, -0.25) is 14.7 Å². The number of carbonyl (C=O) groups excluding carboxylic acids is 1. The predicted molar refractivity (Wildman–Crippen MR) is 105 cm³/mol. The molecular weight excluding hydrogens is 371 g/mol. The van der Waals surface area contributed by atoms with E-state index in [4.69, 9.17) is 9.47 Å². The van der Waals surface area contributed by atoms with Crippen molar-refractivity contribution in [3.05, 3.63) is 94.8 Å². The van der Waals surface area contributed by atoms with E-state index >= 15 is 0 Å². The summed E-state index contributed by atoms with van der Waals surface area (Å²) in [4.78, 5) is 18.9. The molecule has 29 heavy (non-hydrogen) atoms. The Bertz CT molecular complexity index is 1110. The molecule has 0 N–H and O–H groups in total. The van der Waals surface area contributed by atoms with Crippen LogP contribution in [0.1, 0.15) is 27.0 Å². The highest BCUT2D eigenvalue weighted by molar-refractivity contribution is 6.15. The highest BCUT2D eigenvalue weighted by Gasteiger charge is 2.33.